The Kier molecular flexibility index (Phi) is 7.02. The first-order valence-corrected chi connectivity index (χ1v) is 10.1. The van der Waals surface area contributed by atoms with Crippen LogP contribution in [0.2, 0.25) is 13.1 Å². The summed E-state index contributed by atoms with van der Waals surface area (Å²) >= 11 is 5.94. The normalized spacial score (nSPS) is 13.0. The first-order valence-electron chi connectivity index (χ1n) is 7.06. The number of aryl methyl sites for hydroxylation is 1. The number of unbranched alkanes of at least 4 members (excludes halogenated alkanes) is 1. The molecule has 0 saturated heterocycles. The molecule has 0 nitrogen and oxygen atoms in total. The molecule has 0 aliphatic heterocycles. The Labute approximate surface area is 119 Å². The second-order valence-corrected chi connectivity index (χ2v) is 8.41. The second-order valence-electron chi connectivity index (χ2n) is 5.56. The van der Waals surface area contributed by atoms with Gasteiger partial charge in [-0.2, -0.15) is 0 Å². The molecule has 0 bridgehead atoms. The van der Waals surface area contributed by atoms with Gasteiger partial charge in [-0.25, -0.2) is 0 Å². The van der Waals surface area contributed by atoms with Crippen LogP contribution in [0.25, 0.3) is 0 Å². The van der Waals surface area contributed by atoms with E-state index in [1.54, 1.807) is 5.19 Å². The zero-order valence-corrected chi connectivity index (χ0v) is 14.0. The van der Waals surface area contributed by atoms with Crippen molar-refractivity contribution in [2.45, 2.75) is 52.6 Å². The Morgan fingerprint density at radius 2 is 2.00 bits per heavy atom. The van der Waals surface area contributed by atoms with Gasteiger partial charge in [0, 0.05) is 5.88 Å². The minimum Gasteiger partial charge on any atom is -0.126 e. The molecule has 0 saturated carbocycles. The van der Waals surface area contributed by atoms with Gasteiger partial charge in [-0.05, 0) is 36.3 Å². The number of hydrogen-bond donors (Lipinski definition) is 0. The summed E-state index contributed by atoms with van der Waals surface area (Å²) in [5, 5.41) is 1.62. The molecular formula is C16H26ClSi. The number of alkyl halides is 1. The van der Waals surface area contributed by atoms with Crippen molar-refractivity contribution in [1.29, 1.82) is 0 Å². The molecule has 1 aromatic carbocycles. The summed E-state index contributed by atoms with van der Waals surface area (Å²) in [6, 6.07) is 7.13. The third kappa shape index (κ3) is 4.77. The second kappa shape index (κ2) is 8.01. The summed E-state index contributed by atoms with van der Waals surface area (Å²) in [5.41, 5.74) is 3.04. The van der Waals surface area contributed by atoms with Gasteiger partial charge >= 0.3 is 0 Å². The summed E-state index contributed by atoms with van der Waals surface area (Å²) in [6.07, 6.45) is 4.93. The Bertz CT molecular complexity index is 360. The highest BCUT2D eigenvalue weighted by atomic mass is 35.5. The van der Waals surface area contributed by atoms with Gasteiger partial charge in [0.15, 0.2) is 0 Å². The van der Waals surface area contributed by atoms with Crippen molar-refractivity contribution in [1.82, 2.24) is 0 Å². The van der Waals surface area contributed by atoms with Crippen molar-refractivity contribution < 1.29 is 0 Å². The van der Waals surface area contributed by atoms with Gasteiger partial charge < -0.3 is 0 Å². The van der Waals surface area contributed by atoms with E-state index in [2.05, 4.69) is 45.1 Å². The minimum atomic E-state index is -0.385. The third-order valence-electron chi connectivity index (χ3n) is 3.36. The molecule has 0 amide bonds. The SMILES string of the molecule is CCCCc1ccc(CC(C)CCl)c([Si](C)C)c1. The molecule has 0 spiro atoms. The fourth-order valence-electron chi connectivity index (χ4n) is 2.23. The smallest absolute Gasteiger partial charge is 0.0795 e. The molecule has 0 fully saturated rings. The predicted molar refractivity (Wildman–Crippen MR) is 85.8 cm³/mol. The summed E-state index contributed by atoms with van der Waals surface area (Å²) in [6.45, 7) is 9.27. The van der Waals surface area contributed by atoms with E-state index < -0.39 is 0 Å². The molecule has 0 heterocycles. The number of halogens is 1. The first kappa shape index (κ1) is 15.8. The molecule has 18 heavy (non-hydrogen) atoms. The molecule has 0 aromatic heterocycles. The van der Waals surface area contributed by atoms with E-state index in [1.807, 2.05) is 0 Å². The van der Waals surface area contributed by atoms with Crippen LogP contribution in [-0.2, 0) is 12.8 Å². The van der Waals surface area contributed by atoms with Gasteiger partial charge in [-0.3, -0.25) is 0 Å². The number of rotatable bonds is 7. The van der Waals surface area contributed by atoms with E-state index in [0.717, 1.165) is 12.3 Å². The van der Waals surface area contributed by atoms with Crippen LogP contribution < -0.4 is 5.19 Å². The number of benzene rings is 1. The van der Waals surface area contributed by atoms with Crippen LogP contribution in [0, 0.1) is 5.92 Å². The van der Waals surface area contributed by atoms with Crippen LogP contribution in [0.5, 0.6) is 0 Å². The molecule has 1 aromatic rings. The van der Waals surface area contributed by atoms with Gasteiger partial charge in [-0.15, -0.1) is 11.6 Å². The van der Waals surface area contributed by atoms with Gasteiger partial charge in [-0.1, -0.05) is 56.7 Å². The molecule has 1 radical (unpaired) electrons. The Morgan fingerprint density at radius 1 is 1.28 bits per heavy atom. The van der Waals surface area contributed by atoms with Gasteiger partial charge in [0.05, 0.1) is 8.80 Å². The fraction of sp³-hybridized carbons (Fsp3) is 0.625. The summed E-state index contributed by atoms with van der Waals surface area (Å²) < 4.78 is 0. The quantitative estimate of drug-likeness (QED) is 0.513. The number of hydrogen-bond acceptors (Lipinski definition) is 0. The molecule has 0 aliphatic rings. The van der Waals surface area contributed by atoms with E-state index in [1.165, 1.54) is 30.4 Å². The van der Waals surface area contributed by atoms with Crippen LogP contribution in [0.4, 0.5) is 0 Å². The van der Waals surface area contributed by atoms with Crippen LogP contribution in [0.1, 0.15) is 37.8 Å². The van der Waals surface area contributed by atoms with Crippen LogP contribution in [-0.4, -0.2) is 14.7 Å². The zero-order valence-electron chi connectivity index (χ0n) is 12.2. The maximum absolute atomic E-state index is 5.94. The van der Waals surface area contributed by atoms with Crippen molar-refractivity contribution in [3.8, 4) is 0 Å². The molecule has 1 atom stereocenters. The molecule has 1 rings (SSSR count). The Morgan fingerprint density at radius 3 is 2.56 bits per heavy atom. The van der Waals surface area contributed by atoms with Crippen molar-refractivity contribution in [2.75, 3.05) is 5.88 Å². The van der Waals surface area contributed by atoms with Crippen molar-refractivity contribution >= 4 is 25.6 Å². The standard InChI is InChI=1S/C16H26ClSi/c1-5-6-7-14-8-9-15(10-13(2)12-17)16(11-14)18(3)4/h8-9,11,13H,5-7,10,12H2,1-4H3. The van der Waals surface area contributed by atoms with Crippen LogP contribution in [0.15, 0.2) is 18.2 Å². The zero-order chi connectivity index (χ0) is 13.5. The van der Waals surface area contributed by atoms with Gasteiger partial charge in [0.1, 0.15) is 0 Å². The fourth-order valence-corrected chi connectivity index (χ4v) is 3.64. The molecule has 2 heteroatoms. The largest absolute Gasteiger partial charge is 0.126 e. The average Bonchev–Trinajstić information content (AvgIpc) is 2.37. The van der Waals surface area contributed by atoms with Crippen molar-refractivity contribution in [3.05, 3.63) is 29.3 Å². The monoisotopic (exact) mass is 281 g/mol. The third-order valence-corrected chi connectivity index (χ3v) is 5.43. The first-order chi connectivity index (χ1) is 8.58. The highest BCUT2D eigenvalue weighted by Crippen LogP contribution is 2.12. The lowest BCUT2D eigenvalue weighted by Gasteiger charge is -2.16. The van der Waals surface area contributed by atoms with E-state index in [0.29, 0.717) is 5.92 Å². The highest BCUT2D eigenvalue weighted by Gasteiger charge is 2.11. The predicted octanol–water partition coefficient (Wildman–Crippen LogP) is 4.41. The topological polar surface area (TPSA) is 0 Å². The Hall–Kier alpha value is -0.273. The van der Waals surface area contributed by atoms with E-state index in [9.17, 15) is 0 Å². The van der Waals surface area contributed by atoms with Crippen molar-refractivity contribution in [2.24, 2.45) is 5.92 Å². The molecule has 0 N–H and O–H groups in total. The minimum absolute atomic E-state index is 0.385. The van der Waals surface area contributed by atoms with Gasteiger partial charge in [0.25, 0.3) is 0 Å². The summed E-state index contributed by atoms with van der Waals surface area (Å²) in [4.78, 5) is 0. The molecule has 0 aliphatic carbocycles. The molecule has 101 valence electrons. The van der Waals surface area contributed by atoms with Crippen molar-refractivity contribution in [3.63, 3.8) is 0 Å². The van der Waals surface area contributed by atoms with Gasteiger partial charge in [0.2, 0.25) is 0 Å². The van der Waals surface area contributed by atoms with E-state index in [-0.39, 0.29) is 8.80 Å². The Balaban J connectivity index is 2.89. The van der Waals surface area contributed by atoms with E-state index >= 15 is 0 Å². The van der Waals surface area contributed by atoms with Crippen LogP contribution in [0.3, 0.4) is 0 Å². The lowest BCUT2D eigenvalue weighted by Crippen LogP contribution is -2.28. The maximum atomic E-state index is 5.94. The average molecular weight is 282 g/mol. The maximum Gasteiger partial charge on any atom is 0.0795 e. The summed E-state index contributed by atoms with van der Waals surface area (Å²) in [7, 11) is -0.385. The highest BCUT2D eigenvalue weighted by molar-refractivity contribution is 6.71. The molecular weight excluding hydrogens is 256 g/mol. The molecule has 1 unspecified atom stereocenters. The van der Waals surface area contributed by atoms with Crippen LogP contribution >= 0.6 is 11.6 Å². The summed E-state index contributed by atoms with van der Waals surface area (Å²) in [5.74, 6) is 1.33. The van der Waals surface area contributed by atoms with E-state index in [4.69, 9.17) is 11.6 Å². The lowest BCUT2D eigenvalue weighted by molar-refractivity contribution is 0.656. The lowest BCUT2D eigenvalue weighted by atomic mass is 10.00.